The molecule has 2 atom stereocenters. The number of hydrogen-bond donors (Lipinski definition) is 3. The van der Waals surface area contributed by atoms with Crippen LogP contribution in [0.15, 0.2) is 18.2 Å². The molecule has 1 rings (SSSR count). The van der Waals surface area contributed by atoms with Crippen molar-refractivity contribution >= 4 is 5.97 Å². The van der Waals surface area contributed by atoms with Crippen molar-refractivity contribution in [2.45, 2.75) is 26.4 Å². The normalized spacial score (nSPS) is 15.9. The smallest absolute Gasteiger partial charge is 0.312 e. The number of hydrogen-bond acceptors (Lipinski definition) is 5. The zero-order valence-corrected chi connectivity index (χ0v) is 11.5. The topological polar surface area (TPSA) is 87.0 Å². The second-order valence-electron chi connectivity index (χ2n) is 5.13. The van der Waals surface area contributed by atoms with E-state index in [4.69, 9.17) is 4.74 Å². The van der Waals surface area contributed by atoms with Crippen molar-refractivity contribution in [2.24, 2.45) is 11.8 Å². The van der Waals surface area contributed by atoms with Crippen LogP contribution in [0.3, 0.4) is 0 Å². The number of aromatic hydroxyl groups is 2. The summed E-state index contributed by atoms with van der Waals surface area (Å²) in [6.45, 7) is 5.04. The van der Waals surface area contributed by atoms with Crippen molar-refractivity contribution in [1.82, 2.24) is 0 Å². The second kappa shape index (κ2) is 5.48. The highest BCUT2D eigenvalue weighted by Gasteiger charge is 2.42. The largest absolute Gasteiger partial charge is 0.508 e. The molecule has 0 saturated carbocycles. The van der Waals surface area contributed by atoms with E-state index in [-0.39, 0.29) is 23.0 Å². The van der Waals surface area contributed by atoms with Gasteiger partial charge in [0.25, 0.3) is 0 Å². The van der Waals surface area contributed by atoms with Crippen molar-refractivity contribution in [2.75, 3.05) is 7.11 Å². The van der Waals surface area contributed by atoms with Gasteiger partial charge in [-0.1, -0.05) is 13.8 Å². The summed E-state index contributed by atoms with van der Waals surface area (Å²) in [6.07, 6.45) is 0. The lowest BCUT2D eigenvalue weighted by Gasteiger charge is -2.34. The van der Waals surface area contributed by atoms with Crippen LogP contribution in [0.4, 0.5) is 0 Å². The number of phenols is 2. The van der Waals surface area contributed by atoms with Crippen molar-refractivity contribution in [3.05, 3.63) is 23.8 Å². The molecule has 106 valence electrons. The van der Waals surface area contributed by atoms with E-state index in [0.29, 0.717) is 0 Å². The molecule has 2 unspecified atom stereocenters. The lowest BCUT2D eigenvalue weighted by atomic mass is 9.76. The fourth-order valence-corrected chi connectivity index (χ4v) is 2.34. The Morgan fingerprint density at radius 1 is 1.21 bits per heavy atom. The van der Waals surface area contributed by atoms with Gasteiger partial charge in [0, 0.05) is 6.07 Å². The van der Waals surface area contributed by atoms with Gasteiger partial charge in [-0.2, -0.15) is 0 Å². The lowest BCUT2D eigenvalue weighted by Crippen LogP contribution is -2.41. The molecule has 5 heteroatoms. The van der Waals surface area contributed by atoms with Crippen molar-refractivity contribution in [1.29, 1.82) is 0 Å². The molecule has 0 heterocycles. The van der Waals surface area contributed by atoms with Gasteiger partial charge in [0.2, 0.25) is 0 Å². The fraction of sp³-hybridized carbons (Fsp3) is 0.500. The number of benzene rings is 1. The standard InChI is InChI=1S/C14H20O5/c1-8(2)12(13(17)19-4)14(3,18)9-5-10(15)7-11(16)6-9/h5-8,12,15-16,18H,1-4H3. The van der Waals surface area contributed by atoms with E-state index in [1.807, 2.05) is 0 Å². The minimum absolute atomic E-state index is 0.174. The van der Waals surface area contributed by atoms with Crippen LogP contribution >= 0.6 is 0 Å². The summed E-state index contributed by atoms with van der Waals surface area (Å²) < 4.78 is 4.72. The van der Waals surface area contributed by atoms with Gasteiger partial charge in [-0.05, 0) is 30.5 Å². The molecule has 1 aromatic rings. The van der Waals surface area contributed by atoms with E-state index < -0.39 is 17.5 Å². The molecule has 0 aliphatic heterocycles. The highest BCUT2D eigenvalue weighted by Crippen LogP contribution is 2.38. The van der Waals surface area contributed by atoms with Gasteiger partial charge in [0.05, 0.1) is 13.0 Å². The molecule has 5 nitrogen and oxygen atoms in total. The van der Waals surface area contributed by atoms with Crippen LogP contribution < -0.4 is 0 Å². The molecule has 0 amide bonds. The molecular formula is C14H20O5. The summed E-state index contributed by atoms with van der Waals surface area (Å²) in [5.74, 6) is -1.88. The van der Waals surface area contributed by atoms with E-state index in [1.54, 1.807) is 13.8 Å². The number of carbonyl (C=O) groups excluding carboxylic acids is 1. The molecule has 0 radical (unpaired) electrons. The van der Waals surface area contributed by atoms with E-state index in [9.17, 15) is 20.1 Å². The maximum atomic E-state index is 11.8. The van der Waals surface area contributed by atoms with Gasteiger partial charge in [-0.15, -0.1) is 0 Å². The molecule has 1 aromatic carbocycles. The Kier molecular flexibility index (Phi) is 4.42. The molecule has 0 bridgehead atoms. The second-order valence-corrected chi connectivity index (χ2v) is 5.13. The maximum absolute atomic E-state index is 11.8. The monoisotopic (exact) mass is 268 g/mol. The molecule has 0 aliphatic rings. The Morgan fingerprint density at radius 2 is 1.68 bits per heavy atom. The first-order valence-corrected chi connectivity index (χ1v) is 6.03. The average Bonchev–Trinajstić information content (AvgIpc) is 2.26. The molecule has 0 spiro atoms. The number of aliphatic hydroxyl groups is 1. The summed E-state index contributed by atoms with van der Waals surface area (Å²) in [4.78, 5) is 11.8. The first-order chi connectivity index (χ1) is 8.70. The minimum Gasteiger partial charge on any atom is -0.508 e. The minimum atomic E-state index is -1.56. The van der Waals surface area contributed by atoms with Crippen LogP contribution in [0, 0.1) is 11.8 Å². The number of carbonyl (C=O) groups is 1. The quantitative estimate of drug-likeness (QED) is 0.724. The highest BCUT2D eigenvalue weighted by molar-refractivity contribution is 5.74. The van der Waals surface area contributed by atoms with Crippen LogP contribution in [0.25, 0.3) is 0 Å². The molecule has 0 aliphatic carbocycles. The Bertz CT molecular complexity index is 445. The third kappa shape index (κ3) is 3.17. The maximum Gasteiger partial charge on any atom is 0.312 e. The number of phenolic OH excluding ortho intramolecular Hbond substituents is 2. The first-order valence-electron chi connectivity index (χ1n) is 6.03. The Hall–Kier alpha value is -1.75. The predicted octanol–water partition coefficient (Wildman–Crippen LogP) is 1.75. The summed E-state index contributed by atoms with van der Waals surface area (Å²) in [5.41, 5.74) is -1.30. The highest BCUT2D eigenvalue weighted by atomic mass is 16.5. The number of methoxy groups -OCH3 is 1. The molecule has 0 fully saturated rings. The van der Waals surface area contributed by atoms with Crippen LogP contribution in [0.1, 0.15) is 26.3 Å². The van der Waals surface area contributed by atoms with Gasteiger partial charge in [-0.3, -0.25) is 4.79 Å². The Balaban J connectivity index is 3.29. The van der Waals surface area contributed by atoms with Crippen molar-refractivity contribution in [3.63, 3.8) is 0 Å². The third-order valence-corrected chi connectivity index (χ3v) is 3.21. The summed E-state index contributed by atoms with van der Waals surface area (Å²) in [7, 11) is 1.26. The van der Waals surface area contributed by atoms with E-state index in [1.165, 1.54) is 26.2 Å². The van der Waals surface area contributed by atoms with Crippen LogP contribution in [0.5, 0.6) is 11.5 Å². The number of esters is 1. The lowest BCUT2D eigenvalue weighted by molar-refractivity contribution is -0.159. The van der Waals surface area contributed by atoms with Gasteiger partial charge < -0.3 is 20.1 Å². The van der Waals surface area contributed by atoms with Gasteiger partial charge in [0.15, 0.2) is 0 Å². The van der Waals surface area contributed by atoms with Gasteiger partial charge >= 0.3 is 5.97 Å². The number of ether oxygens (including phenoxy) is 1. The van der Waals surface area contributed by atoms with E-state index >= 15 is 0 Å². The van der Waals surface area contributed by atoms with Gasteiger partial charge in [0.1, 0.15) is 17.1 Å². The zero-order valence-electron chi connectivity index (χ0n) is 11.5. The third-order valence-electron chi connectivity index (χ3n) is 3.21. The fourth-order valence-electron chi connectivity index (χ4n) is 2.34. The summed E-state index contributed by atoms with van der Waals surface area (Å²) in [5, 5.41) is 29.6. The van der Waals surface area contributed by atoms with Crippen molar-refractivity contribution in [3.8, 4) is 11.5 Å². The molecular weight excluding hydrogens is 248 g/mol. The molecule has 0 saturated heterocycles. The van der Waals surface area contributed by atoms with Crippen LogP contribution in [-0.2, 0) is 15.1 Å². The summed E-state index contributed by atoms with van der Waals surface area (Å²) >= 11 is 0. The van der Waals surface area contributed by atoms with E-state index in [2.05, 4.69) is 0 Å². The van der Waals surface area contributed by atoms with Crippen LogP contribution in [-0.4, -0.2) is 28.4 Å². The molecule has 3 N–H and O–H groups in total. The molecule has 19 heavy (non-hydrogen) atoms. The molecule has 0 aromatic heterocycles. The SMILES string of the molecule is COC(=O)C(C(C)C)C(C)(O)c1cc(O)cc(O)c1. The summed E-state index contributed by atoms with van der Waals surface area (Å²) in [6, 6.07) is 3.79. The first kappa shape index (κ1) is 15.3. The Labute approximate surface area is 112 Å². The van der Waals surface area contributed by atoms with Gasteiger partial charge in [-0.25, -0.2) is 0 Å². The zero-order chi connectivity index (χ0) is 14.8. The number of rotatable bonds is 4. The van der Waals surface area contributed by atoms with E-state index in [0.717, 1.165) is 6.07 Å². The van der Waals surface area contributed by atoms with Crippen LogP contribution in [0.2, 0.25) is 0 Å². The average molecular weight is 268 g/mol. The van der Waals surface area contributed by atoms with Crippen molar-refractivity contribution < 1.29 is 24.9 Å². The Morgan fingerprint density at radius 3 is 2.05 bits per heavy atom. The predicted molar refractivity (Wildman–Crippen MR) is 69.7 cm³/mol.